The van der Waals surface area contributed by atoms with Gasteiger partial charge in [0.05, 0.1) is 16.1 Å². The topological polar surface area (TPSA) is 95.6 Å². The van der Waals surface area contributed by atoms with Gasteiger partial charge in [-0.1, -0.05) is 18.2 Å². The number of sulfonamides is 1. The summed E-state index contributed by atoms with van der Waals surface area (Å²) in [5.74, 6) is -0.149. The quantitative estimate of drug-likeness (QED) is 0.689. The number of rotatable bonds is 7. The van der Waals surface area contributed by atoms with Crippen LogP contribution in [0.4, 0.5) is 5.69 Å². The molecule has 0 bridgehead atoms. The van der Waals surface area contributed by atoms with E-state index in [1.807, 2.05) is 4.90 Å². The number of nitrogens with zero attached hydrogens (tertiary/aromatic N) is 1. The Morgan fingerprint density at radius 3 is 2.45 bits per heavy atom. The Morgan fingerprint density at radius 1 is 0.968 bits per heavy atom. The van der Waals surface area contributed by atoms with Crippen LogP contribution in [0.5, 0.6) is 0 Å². The average molecular weight is 442 g/mol. The summed E-state index contributed by atoms with van der Waals surface area (Å²) < 4.78 is 27.6. The van der Waals surface area contributed by atoms with E-state index in [-0.39, 0.29) is 16.4 Å². The molecule has 1 aliphatic heterocycles. The fourth-order valence-corrected chi connectivity index (χ4v) is 4.84. The summed E-state index contributed by atoms with van der Waals surface area (Å²) in [7, 11) is -3.67. The zero-order chi connectivity index (χ0) is 21.8. The zero-order valence-electron chi connectivity index (χ0n) is 17.3. The standard InChI is InChI=1S/C23H27N3O4S/c27-22(18-7-6-8-19(15-18)31(29,30)24-16-17-11-12-17)25-21-10-3-2-9-20(21)23(28)26-13-4-1-5-14-26/h2-3,6-10,15,17,24H,1,4-5,11-14,16H2,(H,25,27). The van der Waals surface area contributed by atoms with Gasteiger partial charge in [-0.3, -0.25) is 9.59 Å². The van der Waals surface area contributed by atoms with Crippen LogP contribution in [0.25, 0.3) is 0 Å². The van der Waals surface area contributed by atoms with Crippen molar-refractivity contribution < 1.29 is 18.0 Å². The molecule has 1 heterocycles. The summed E-state index contributed by atoms with van der Waals surface area (Å²) >= 11 is 0. The highest BCUT2D eigenvalue weighted by atomic mass is 32.2. The third kappa shape index (κ3) is 5.32. The Kier molecular flexibility index (Phi) is 6.38. The van der Waals surface area contributed by atoms with Crippen LogP contribution in [0.15, 0.2) is 53.4 Å². The molecule has 0 aromatic heterocycles. The molecule has 31 heavy (non-hydrogen) atoms. The lowest BCUT2D eigenvalue weighted by molar-refractivity contribution is 0.0725. The minimum absolute atomic E-state index is 0.0541. The molecule has 0 unspecified atom stereocenters. The van der Waals surface area contributed by atoms with Gasteiger partial charge in [0.25, 0.3) is 11.8 Å². The van der Waals surface area contributed by atoms with Crippen molar-refractivity contribution in [3.63, 3.8) is 0 Å². The Labute approximate surface area is 182 Å². The number of likely N-dealkylation sites (tertiary alicyclic amines) is 1. The van der Waals surface area contributed by atoms with E-state index in [1.165, 1.54) is 12.1 Å². The number of hydrogen-bond donors (Lipinski definition) is 2. The van der Waals surface area contributed by atoms with E-state index in [0.29, 0.717) is 23.7 Å². The van der Waals surface area contributed by atoms with Crippen LogP contribution >= 0.6 is 0 Å². The molecule has 2 amide bonds. The number of hydrogen-bond acceptors (Lipinski definition) is 4. The van der Waals surface area contributed by atoms with E-state index >= 15 is 0 Å². The Morgan fingerprint density at radius 2 is 1.71 bits per heavy atom. The molecule has 2 N–H and O–H groups in total. The van der Waals surface area contributed by atoms with Gasteiger partial charge in [-0.15, -0.1) is 0 Å². The van der Waals surface area contributed by atoms with E-state index < -0.39 is 15.9 Å². The SMILES string of the molecule is O=C(Nc1ccccc1C(=O)N1CCCCC1)c1cccc(S(=O)(=O)NCC2CC2)c1. The van der Waals surface area contributed by atoms with Crippen molar-refractivity contribution in [1.29, 1.82) is 0 Å². The first-order valence-electron chi connectivity index (χ1n) is 10.7. The minimum atomic E-state index is -3.67. The van der Waals surface area contributed by atoms with E-state index in [2.05, 4.69) is 10.0 Å². The number of amides is 2. The minimum Gasteiger partial charge on any atom is -0.339 e. The lowest BCUT2D eigenvalue weighted by atomic mass is 10.1. The van der Waals surface area contributed by atoms with Gasteiger partial charge < -0.3 is 10.2 Å². The first-order chi connectivity index (χ1) is 14.9. The van der Waals surface area contributed by atoms with Crippen LogP contribution in [0.3, 0.4) is 0 Å². The molecule has 1 saturated heterocycles. The van der Waals surface area contributed by atoms with E-state index in [1.54, 1.807) is 36.4 Å². The fraction of sp³-hybridized carbons (Fsp3) is 0.391. The van der Waals surface area contributed by atoms with Crippen molar-refractivity contribution in [2.24, 2.45) is 5.92 Å². The third-order valence-electron chi connectivity index (χ3n) is 5.71. The predicted molar refractivity (Wildman–Crippen MR) is 119 cm³/mol. The lowest BCUT2D eigenvalue weighted by Gasteiger charge is -2.27. The summed E-state index contributed by atoms with van der Waals surface area (Å²) in [6.07, 6.45) is 5.17. The Hall–Kier alpha value is -2.71. The van der Waals surface area contributed by atoms with Gasteiger partial charge in [-0.2, -0.15) is 0 Å². The molecule has 7 nitrogen and oxygen atoms in total. The van der Waals surface area contributed by atoms with Crippen molar-refractivity contribution >= 4 is 27.5 Å². The van der Waals surface area contributed by atoms with Crippen molar-refractivity contribution in [3.8, 4) is 0 Å². The molecule has 0 spiro atoms. The van der Waals surface area contributed by atoms with Gasteiger partial charge in [0.1, 0.15) is 0 Å². The van der Waals surface area contributed by atoms with Crippen LogP contribution in [-0.2, 0) is 10.0 Å². The van der Waals surface area contributed by atoms with Gasteiger partial charge in [-0.05, 0) is 68.4 Å². The van der Waals surface area contributed by atoms with Crippen molar-refractivity contribution in [2.45, 2.75) is 37.0 Å². The van der Waals surface area contributed by atoms with Crippen LogP contribution in [-0.4, -0.2) is 44.8 Å². The first kappa shape index (κ1) is 21.5. The van der Waals surface area contributed by atoms with Gasteiger partial charge in [0, 0.05) is 25.2 Å². The van der Waals surface area contributed by atoms with Crippen molar-refractivity contribution in [3.05, 3.63) is 59.7 Å². The molecule has 0 atom stereocenters. The van der Waals surface area contributed by atoms with Crippen molar-refractivity contribution in [1.82, 2.24) is 9.62 Å². The highest BCUT2D eigenvalue weighted by Crippen LogP contribution is 2.28. The van der Waals surface area contributed by atoms with Crippen molar-refractivity contribution in [2.75, 3.05) is 25.0 Å². The van der Waals surface area contributed by atoms with Crippen LogP contribution in [0.2, 0.25) is 0 Å². The molecule has 164 valence electrons. The van der Waals surface area contributed by atoms with Gasteiger partial charge in [-0.25, -0.2) is 13.1 Å². The highest BCUT2D eigenvalue weighted by Gasteiger charge is 2.25. The highest BCUT2D eigenvalue weighted by molar-refractivity contribution is 7.89. The molecule has 0 radical (unpaired) electrons. The van der Waals surface area contributed by atoms with Crippen LogP contribution in [0, 0.1) is 5.92 Å². The second kappa shape index (κ2) is 9.20. The number of anilines is 1. The first-order valence-corrected chi connectivity index (χ1v) is 12.2. The molecular formula is C23H27N3O4S. The molecule has 2 aromatic carbocycles. The van der Waals surface area contributed by atoms with E-state index in [0.717, 1.165) is 45.2 Å². The number of piperidine rings is 1. The predicted octanol–water partition coefficient (Wildman–Crippen LogP) is 3.25. The van der Waals surface area contributed by atoms with Gasteiger partial charge in [0.15, 0.2) is 0 Å². The normalized spacial score (nSPS) is 16.7. The molecule has 2 fully saturated rings. The van der Waals surface area contributed by atoms with E-state index in [9.17, 15) is 18.0 Å². The Bertz CT molecular complexity index is 1070. The van der Waals surface area contributed by atoms with Crippen LogP contribution < -0.4 is 10.0 Å². The van der Waals surface area contributed by atoms with E-state index in [4.69, 9.17) is 0 Å². The molecule has 8 heteroatoms. The number of benzene rings is 2. The lowest BCUT2D eigenvalue weighted by Crippen LogP contribution is -2.36. The zero-order valence-corrected chi connectivity index (χ0v) is 18.2. The van der Waals surface area contributed by atoms with Gasteiger partial charge >= 0.3 is 0 Å². The largest absolute Gasteiger partial charge is 0.339 e. The molecular weight excluding hydrogens is 414 g/mol. The maximum Gasteiger partial charge on any atom is 0.255 e. The maximum atomic E-state index is 12.9. The molecule has 4 rings (SSSR count). The molecule has 2 aliphatic rings. The smallest absolute Gasteiger partial charge is 0.255 e. The summed E-state index contributed by atoms with van der Waals surface area (Å²) in [6, 6.07) is 12.9. The number of carbonyl (C=O) groups is 2. The maximum absolute atomic E-state index is 12.9. The summed E-state index contributed by atoms with van der Waals surface area (Å²) in [5, 5.41) is 2.78. The second-order valence-corrected chi connectivity index (χ2v) is 9.94. The monoisotopic (exact) mass is 441 g/mol. The average Bonchev–Trinajstić information content (AvgIpc) is 3.63. The van der Waals surface area contributed by atoms with Gasteiger partial charge in [0.2, 0.25) is 10.0 Å². The fourth-order valence-electron chi connectivity index (χ4n) is 3.68. The van der Waals surface area contributed by atoms with Crippen LogP contribution in [0.1, 0.15) is 52.8 Å². The number of carbonyl (C=O) groups excluding carboxylic acids is 2. The second-order valence-electron chi connectivity index (χ2n) is 8.18. The molecule has 1 saturated carbocycles. The number of para-hydroxylation sites is 1. The summed E-state index contributed by atoms with van der Waals surface area (Å²) in [6.45, 7) is 1.86. The molecule has 1 aliphatic carbocycles. The molecule has 2 aromatic rings. The third-order valence-corrected chi connectivity index (χ3v) is 7.14. The number of nitrogens with one attached hydrogen (secondary N) is 2. The summed E-state index contributed by atoms with van der Waals surface area (Å²) in [5.41, 5.74) is 1.07. The summed E-state index contributed by atoms with van der Waals surface area (Å²) in [4.78, 5) is 27.7. The Balaban J connectivity index is 1.50.